The van der Waals surface area contributed by atoms with E-state index in [2.05, 4.69) is 34.4 Å². The van der Waals surface area contributed by atoms with E-state index in [0.717, 1.165) is 29.0 Å². The van der Waals surface area contributed by atoms with E-state index in [1.54, 1.807) is 0 Å². The van der Waals surface area contributed by atoms with Crippen LogP contribution in [0.2, 0.25) is 0 Å². The second-order valence-electron chi connectivity index (χ2n) is 12.5. The molecule has 2 aromatic rings. The predicted molar refractivity (Wildman–Crippen MR) is 188 cm³/mol. The molecule has 2 unspecified atom stereocenters. The molecule has 56 heavy (non-hydrogen) atoms. The maximum absolute atomic E-state index is 12.7. The van der Waals surface area contributed by atoms with Gasteiger partial charge in [0.15, 0.2) is 22.8 Å². The summed E-state index contributed by atoms with van der Waals surface area (Å²) in [5.41, 5.74) is 4.20. The van der Waals surface area contributed by atoms with Crippen LogP contribution in [0, 0.1) is 5.41 Å². The molecule has 0 bridgehead atoms. The van der Waals surface area contributed by atoms with E-state index >= 15 is 0 Å². The number of carbonyl (C=O) groups is 4. The number of rotatable bonds is 23. The third-order valence-corrected chi connectivity index (χ3v) is 11.5. The van der Waals surface area contributed by atoms with Crippen LogP contribution in [-0.4, -0.2) is 140 Å². The van der Waals surface area contributed by atoms with Gasteiger partial charge < -0.3 is 56.0 Å². The average Bonchev–Trinajstić information content (AvgIpc) is 3.64. The number of thioether (sulfide) groups is 1. The lowest BCUT2D eigenvalue weighted by Gasteiger charge is -2.30. The van der Waals surface area contributed by atoms with Crippen molar-refractivity contribution in [3.8, 4) is 0 Å². The van der Waals surface area contributed by atoms with Crippen LogP contribution in [0.15, 0.2) is 12.7 Å². The lowest BCUT2D eigenvalue weighted by atomic mass is 9.87. The fraction of sp³-hybridized carbons (Fsp3) is 0.654. The van der Waals surface area contributed by atoms with Gasteiger partial charge in [-0.25, -0.2) is 28.6 Å². The second-order valence-corrected chi connectivity index (χ2v) is 17.9. The van der Waals surface area contributed by atoms with Gasteiger partial charge >= 0.3 is 23.5 Å². The number of nitrogens with one attached hydrogen (secondary N) is 2. The summed E-state index contributed by atoms with van der Waals surface area (Å²) in [4.78, 5) is 98.4. The van der Waals surface area contributed by atoms with Crippen LogP contribution in [0.3, 0.4) is 0 Å². The first kappa shape index (κ1) is 47.6. The number of hydrogen-bond donors (Lipinski definition) is 10. The van der Waals surface area contributed by atoms with Crippen molar-refractivity contribution in [2.45, 2.75) is 63.8 Å². The molecule has 1 aliphatic rings. The molecule has 2 amide bonds. The number of carbonyl (C=O) groups excluding carboxylic acids is 4. The van der Waals surface area contributed by atoms with Crippen molar-refractivity contribution in [2.75, 3.05) is 44.4 Å². The number of hydrogen-bond acceptors (Lipinski definition) is 20. The van der Waals surface area contributed by atoms with Crippen molar-refractivity contribution in [1.82, 2.24) is 30.2 Å². The van der Waals surface area contributed by atoms with Gasteiger partial charge in [-0.05, 0) is 0 Å². The summed E-state index contributed by atoms with van der Waals surface area (Å²) in [6.07, 6.45) is -7.57. The molecule has 26 nitrogen and oxygen atoms in total. The summed E-state index contributed by atoms with van der Waals surface area (Å²) in [5.74, 6) is -1.84. The van der Waals surface area contributed by atoms with Crippen LogP contribution in [0.25, 0.3) is 11.2 Å². The number of Topliss-reactive ketones (excluding diaryl/α,β-unsaturated/α-hetero) is 1. The maximum atomic E-state index is 12.7. The minimum atomic E-state index is -5.59. The average molecular weight is 882 g/mol. The van der Waals surface area contributed by atoms with Crippen LogP contribution in [0.5, 0.6) is 0 Å². The smallest absolute Gasteiger partial charge is 0.396 e. The molecule has 7 atom stereocenters. The Balaban J connectivity index is 1.48. The van der Waals surface area contributed by atoms with Crippen LogP contribution in [0.1, 0.15) is 39.3 Å². The standard InChI is InChI=1S/C26H42N7O19P3S/c1-26(2,21(39)24(40)29-5-3-16(36)28-6-8-56-17(37)9-14(35)4-7-34)11-49-55(46,47)52-54(44,45)48-10-15-20(51-53(41,42)43)19(38)25(50-15)33-13-32-18-22(27)30-12-31-23(18)33/h12-13,15,19-21,25,34,38-39H,3-11H2,1-2H3,(H,28,36)(H,29,40)(H,44,45)(H,46,47)(H2,27,30,31)(H2,41,42,43)/t15-,19-,20-,21+,25+/m1/s1. The fourth-order valence-electron chi connectivity index (χ4n) is 4.72. The summed E-state index contributed by atoms with van der Waals surface area (Å²) in [5, 5.41) is 34.4. The number of amides is 2. The molecule has 0 aliphatic carbocycles. The number of imidazole rings is 1. The Morgan fingerprint density at radius 3 is 2.38 bits per heavy atom. The highest BCUT2D eigenvalue weighted by Crippen LogP contribution is 2.61. The molecule has 1 aliphatic heterocycles. The molecule has 0 spiro atoms. The van der Waals surface area contributed by atoms with Gasteiger partial charge in [0.25, 0.3) is 0 Å². The third kappa shape index (κ3) is 14.5. The molecule has 30 heteroatoms. The number of fused-ring (bicyclic) bond motifs is 1. The van der Waals surface area contributed by atoms with E-state index in [0.29, 0.717) is 0 Å². The number of nitrogens with two attached hydrogens (primary N) is 1. The van der Waals surface area contributed by atoms with Gasteiger partial charge in [-0.15, -0.1) is 0 Å². The molecule has 2 aromatic heterocycles. The number of ether oxygens (including phenoxy) is 1. The summed E-state index contributed by atoms with van der Waals surface area (Å²) in [6.45, 7) is -0.165. The molecule has 1 fully saturated rings. The van der Waals surface area contributed by atoms with Crippen molar-refractivity contribution in [1.29, 1.82) is 0 Å². The molecular weight excluding hydrogens is 839 g/mol. The zero-order valence-corrected chi connectivity index (χ0v) is 33.1. The van der Waals surface area contributed by atoms with Crippen LogP contribution >= 0.6 is 35.2 Å². The topological polar surface area (TPSA) is 401 Å². The monoisotopic (exact) mass is 881 g/mol. The Morgan fingerprint density at radius 2 is 1.71 bits per heavy atom. The first-order valence-electron chi connectivity index (χ1n) is 16.1. The van der Waals surface area contributed by atoms with Gasteiger partial charge in [-0.1, -0.05) is 25.6 Å². The van der Waals surface area contributed by atoms with Crippen LogP contribution < -0.4 is 16.4 Å². The van der Waals surface area contributed by atoms with E-state index in [1.165, 1.54) is 13.8 Å². The zero-order chi connectivity index (χ0) is 42.1. The largest absolute Gasteiger partial charge is 0.481 e. The van der Waals surface area contributed by atoms with E-state index < -0.39 is 95.5 Å². The van der Waals surface area contributed by atoms with E-state index in [1.807, 2.05) is 0 Å². The van der Waals surface area contributed by atoms with Gasteiger partial charge in [0.05, 0.1) is 26.0 Å². The van der Waals surface area contributed by atoms with Gasteiger partial charge in [0, 0.05) is 43.7 Å². The Labute approximate surface area is 321 Å². The number of phosphoric acid groups is 3. The molecule has 1 saturated heterocycles. The summed E-state index contributed by atoms with van der Waals surface area (Å²) < 4.78 is 61.9. The quantitative estimate of drug-likeness (QED) is 0.0328. The summed E-state index contributed by atoms with van der Waals surface area (Å²) in [6, 6.07) is 0. The molecule has 11 N–H and O–H groups in total. The molecular formula is C26H42N7O19P3S. The third-order valence-electron chi connectivity index (χ3n) is 7.50. The Kier molecular flexibility index (Phi) is 17.2. The number of aliphatic hydroxyl groups is 3. The number of nitrogens with zero attached hydrogens (tertiary/aromatic N) is 4. The Morgan fingerprint density at radius 1 is 1.04 bits per heavy atom. The highest BCUT2D eigenvalue weighted by atomic mass is 32.2. The number of aromatic nitrogens is 4. The normalized spacial score (nSPS) is 21.6. The highest BCUT2D eigenvalue weighted by Gasteiger charge is 2.50. The van der Waals surface area contributed by atoms with Crippen LogP contribution in [0.4, 0.5) is 5.82 Å². The van der Waals surface area contributed by atoms with Crippen molar-refractivity contribution >= 4 is 74.9 Å². The van der Waals surface area contributed by atoms with Gasteiger partial charge in [0.1, 0.15) is 42.0 Å². The molecule has 0 aromatic carbocycles. The molecule has 0 radical (unpaired) electrons. The van der Waals surface area contributed by atoms with Crippen LogP contribution in [-0.2, 0) is 55.5 Å². The van der Waals surface area contributed by atoms with Gasteiger partial charge in [0.2, 0.25) is 11.8 Å². The zero-order valence-electron chi connectivity index (χ0n) is 29.6. The number of ketones is 1. The van der Waals surface area contributed by atoms with E-state index in [9.17, 15) is 62.7 Å². The molecule has 316 valence electrons. The lowest BCUT2D eigenvalue weighted by molar-refractivity contribution is -0.137. The number of phosphoric ester groups is 3. The fourth-order valence-corrected chi connectivity index (χ4v) is 8.24. The van der Waals surface area contributed by atoms with E-state index in [4.69, 9.17) is 24.6 Å². The minimum absolute atomic E-state index is 0.0198. The SMILES string of the molecule is CC(C)(COP(=O)(O)OP(=O)(O)OC[C@H]1O[C@H](n2cnc3c(N)ncnc32)[C@H](O)[C@@H]1OP(=O)(O)O)[C@@H](O)C(=O)NCCC(=O)NCCSC(=O)CC(=O)CCO. The van der Waals surface area contributed by atoms with Gasteiger partial charge in [-0.3, -0.25) is 37.3 Å². The predicted octanol–water partition coefficient (Wildman–Crippen LogP) is -1.99. The maximum Gasteiger partial charge on any atom is 0.481 e. The Hall–Kier alpha value is -2.81. The number of anilines is 1. The highest BCUT2D eigenvalue weighted by molar-refractivity contribution is 8.13. The molecule has 0 saturated carbocycles. The second kappa shape index (κ2) is 20.2. The molecule has 3 heterocycles. The number of nitrogen functional groups attached to an aromatic ring is 1. The number of aliphatic hydroxyl groups excluding tert-OH is 3. The van der Waals surface area contributed by atoms with Crippen molar-refractivity contribution in [3.63, 3.8) is 0 Å². The van der Waals surface area contributed by atoms with E-state index in [-0.39, 0.29) is 61.7 Å². The first-order valence-corrected chi connectivity index (χ1v) is 21.6. The minimum Gasteiger partial charge on any atom is -0.396 e. The summed E-state index contributed by atoms with van der Waals surface area (Å²) in [7, 11) is -16.4. The summed E-state index contributed by atoms with van der Waals surface area (Å²) >= 11 is 0.822. The van der Waals surface area contributed by atoms with Crippen molar-refractivity contribution < 1.29 is 90.4 Å². The first-order chi connectivity index (χ1) is 25.9. The lowest BCUT2D eigenvalue weighted by Crippen LogP contribution is -2.46. The Bertz CT molecular complexity index is 1860. The van der Waals surface area contributed by atoms with Crippen molar-refractivity contribution in [2.24, 2.45) is 5.41 Å². The molecule has 3 rings (SSSR count). The van der Waals surface area contributed by atoms with Gasteiger partial charge in [-0.2, -0.15) is 4.31 Å². The van der Waals surface area contributed by atoms with Crippen molar-refractivity contribution in [3.05, 3.63) is 12.7 Å².